The Morgan fingerprint density at radius 3 is 2.13 bits per heavy atom. The largest absolute Gasteiger partial charge is 0.377 e. The Morgan fingerprint density at radius 1 is 1.20 bits per heavy atom. The molecule has 0 aliphatic rings. The average molecular weight is 226 g/mol. The highest BCUT2D eigenvalue weighted by Gasteiger charge is 2.37. The topological polar surface area (TPSA) is 26.3 Å². The zero-order valence-corrected chi connectivity index (χ0v) is 10.8. The summed E-state index contributed by atoms with van der Waals surface area (Å²) in [5.41, 5.74) is 0. The van der Waals surface area contributed by atoms with E-state index < -0.39 is 7.14 Å². The highest BCUT2D eigenvalue weighted by molar-refractivity contribution is 7.72. The van der Waals surface area contributed by atoms with Crippen molar-refractivity contribution in [1.29, 1.82) is 0 Å². The summed E-state index contributed by atoms with van der Waals surface area (Å²) >= 11 is 0. The Hall–Kier alpha value is -0.590. The van der Waals surface area contributed by atoms with Crippen LogP contribution in [0.15, 0.2) is 30.3 Å². The zero-order valence-electron chi connectivity index (χ0n) is 9.86. The van der Waals surface area contributed by atoms with E-state index in [1.165, 1.54) is 0 Å². The van der Waals surface area contributed by atoms with Gasteiger partial charge in [0.25, 0.3) is 0 Å². The van der Waals surface area contributed by atoms with E-state index in [1.54, 1.807) is 7.11 Å². The Bertz CT molecular complexity index is 352. The van der Waals surface area contributed by atoms with E-state index in [1.807, 2.05) is 51.1 Å². The first-order valence-corrected chi connectivity index (χ1v) is 6.95. The van der Waals surface area contributed by atoms with Gasteiger partial charge in [0, 0.05) is 17.6 Å². The van der Waals surface area contributed by atoms with E-state index >= 15 is 0 Å². The van der Waals surface area contributed by atoms with Gasteiger partial charge in [-0.3, -0.25) is 0 Å². The average Bonchev–Trinajstić information content (AvgIpc) is 2.18. The lowest BCUT2D eigenvalue weighted by atomic mass is 10.3. The van der Waals surface area contributed by atoms with E-state index in [0.717, 1.165) is 5.30 Å². The van der Waals surface area contributed by atoms with Gasteiger partial charge in [0.15, 0.2) is 0 Å². The van der Waals surface area contributed by atoms with Gasteiger partial charge < -0.3 is 9.30 Å². The van der Waals surface area contributed by atoms with E-state index in [9.17, 15) is 4.57 Å². The fourth-order valence-electron chi connectivity index (χ4n) is 1.51. The summed E-state index contributed by atoms with van der Waals surface area (Å²) in [5, 5.41) is 0.643. The second kappa shape index (κ2) is 4.51. The van der Waals surface area contributed by atoms with Crippen molar-refractivity contribution in [1.82, 2.24) is 0 Å². The van der Waals surface area contributed by atoms with Crippen molar-refractivity contribution in [2.45, 2.75) is 25.9 Å². The summed E-state index contributed by atoms with van der Waals surface area (Å²) in [6.07, 6.45) is 0.306. The molecule has 1 atom stereocenters. The smallest absolute Gasteiger partial charge is 0.144 e. The highest BCUT2D eigenvalue weighted by Crippen LogP contribution is 2.56. The van der Waals surface area contributed by atoms with Crippen molar-refractivity contribution < 1.29 is 9.30 Å². The van der Waals surface area contributed by atoms with Crippen LogP contribution in [0.2, 0.25) is 0 Å². The first-order valence-electron chi connectivity index (χ1n) is 5.05. The van der Waals surface area contributed by atoms with Crippen molar-refractivity contribution in [2.75, 3.05) is 13.5 Å². The van der Waals surface area contributed by atoms with Gasteiger partial charge in [-0.05, 0) is 0 Å². The zero-order chi connectivity index (χ0) is 11.5. The van der Waals surface area contributed by atoms with Crippen molar-refractivity contribution in [3.05, 3.63) is 30.3 Å². The molecule has 3 heteroatoms. The quantitative estimate of drug-likeness (QED) is 0.740. The van der Waals surface area contributed by atoms with E-state index in [2.05, 4.69) is 0 Å². The van der Waals surface area contributed by atoms with Crippen LogP contribution in [0.3, 0.4) is 0 Å². The lowest BCUT2D eigenvalue weighted by Gasteiger charge is -2.31. The van der Waals surface area contributed by atoms with Crippen LogP contribution in [0.5, 0.6) is 0 Å². The molecule has 0 radical (unpaired) electrons. The Labute approximate surface area is 92.0 Å². The molecule has 1 unspecified atom stereocenters. The summed E-state index contributed by atoms with van der Waals surface area (Å²) in [4.78, 5) is 0. The maximum atomic E-state index is 12.9. The maximum Gasteiger partial charge on any atom is 0.144 e. The third kappa shape index (κ3) is 2.50. The molecular formula is C12H19O2P. The lowest BCUT2D eigenvalue weighted by molar-refractivity contribution is 0.247. The summed E-state index contributed by atoms with van der Waals surface area (Å²) in [6, 6.07) is 9.62. The molecule has 0 amide bonds. The van der Waals surface area contributed by atoms with Gasteiger partial charge in [0.2, 0.25) is 0 Å². The molecule has 0 spiro atoms. The summed E-state index contributed by atoms with van der Waals surface area (Å²) in [5.74, 6) is 0. The molecule has 1 aromatic carbocycles. The number of benzene rings is 1. The predicted octanol–water partition coefficient (Wildman–Crippen LogP) is 3.08. The number of ether oxygens (including phenoxy) is 1. The third-order valence-corrected chi connectivity index (χ3v) is 6.49. The number of hydrogen-bond donors (Lipinski definition) is 0. The fraction of sp³-hybridized carbons (Fsp3) is 0.500. The van der Waals surface area contributed by atoms with Crippen LogP contribution in [-0.2, 0) is 9.30 Å². The lowest BCUT2D eigenvalue weighted by Crippen LogP contribution is -2.25. The predicted molar refractivity (Wildman–Crippen MR) is 65.3 cm³/mol. The van der Waals surface area contributed by atoms with Gasteiger partial charge in [-0.1, -0.05) is 51.1 Å². The van der Waals surface area contributed by atoms with Crippen LogP contribution >= 0.6 is 7.14 Å². The normalized spacial score (nSPS) is 16.0. The first kappa shape index (κ1) is 12.5. The molecule has 0 saturated carbocycles. The van der Waals surface area contributed by atoms with Crippen LogP contribution in [0.1, 0.15) is 20.8 Å². The Morgan fingerprint density at radius 2 is 1.73 bits per heavy atom. The Balaban J connectivity index is 3.20. The van der Waals surface area contributed by atoms with E-state index in [-0.39, 0.29) is 5.16 Å². The molecule has 0 saturated heterocycles. The SMILES string of the molecule is COCP(=O)(c1ccccc1)C(C)(C)C. The molecule has 0 fully saturated rings. The van der Waals surface area contributed by atoms with Crippen LogP contribution in [0.4, 0.5) is 0 Å². The van der Waals surface area contributed by atoms with Crippen LogP contribution < -0.4 is 5.30 Å². The minimum absolute atomic E-state index is 0.260. The maximum absolute atomic E-state index is 12.9. The van der Waals surface area contributed by atoms with Gasteiger partial charge in [-0.25, -0.2) is 0 Å². The van der Waals surface area contributed by atoms with Crippen molar-refractivity contribution in [3.8, 4) is 0 Å². The van der Waals surface area contributed by atoms with E-state index in [0.29, 0.717) is 6.35 Å². The standard InChI is InChI=1S/C12H19O2P/c1-12(2,3)15(13,10-14-4)11-8-6-5-7-9-11/h5-9H,10H2,1-4H3. The van der Waals surface area contributed by atoms with Crippen molar-refractivity contribution >= 4 is 12.4 Å². The van der Waals surface area contributed by atoms with Gasteiger partial charge in [-0.15, -0.1) is 0 Å². The van der Waals surface area contributed by atoms with Crippen LogP contribution in [0, 0.1) is 0 Å². The molecule has 1 aromatic rings. The van der Waals surface area contributed by atoms with Gasteiger partial charge in [0.1, 0.15) is 13.5 Å². The molecule has 0 aliphatic heterocycles. The fourth-order valence-corrected chi connectivity index (χ4v) is 3.83. The van der Waals surface area contributed by atoms with Gasteiger partial charge in [0.05, 0.1) is 0 Å². The number of rotatable bonds is 3. The molecule has 1 rings (SSSR count). The summed E-state index contributed by atoms with van der Waals surface area (Å²) in [7, 11) is -0.879. The summed E-state index contributed by atoms with van der Waals surface area (Å²) in [6.45, 7) is 6.00. The molecule has 84 valence electrons. The molecule has 0 aliphatic carbocycles. The molecule has 0 bridgehead atoms. The van der Waals surface area contributed by atoms with E-state index in [4.69, 9.17) is 4.74 Å². The Kier molecular flexibility index (Phi) is 3.75. The van der Waals surface area contributed by atoms with Gasteiger partial charge >= 0.3 is 0 Å². The second-order valence-electron chi connectivity index (χ2n) is 4.66. The number of methoxy groups -OCH3 is 1. The molecule has 0 heterocycles. The van der Waals surface area contributed by atoms with Gasteiger partial charge in [-0.2, -0.15) is 0 Å². The van der Waals surface area contributed by atoms with Crippen molar-refractivity contribution in [3.63, 3.8) is 0 Å². The number of hydrogen-bond acceptors (Lipinski definition) is 2. The first-order chi connectivity index (χ1) is 6.92. The second-order valence-corrected chi connectivity index (χ2v) is 8.26. The van der Waals surface area contributed by atoms with Crippen molar-refractivity contribution in [2.24, 2.45) is 0 Å². The molecule has 15 heavy (non-hydrogen) atoms. The minimum atomic E-state index is -2.48. The third-order valence-electron chi connectivity index (χ3n) is 2.57. The summed E-state index contributed by atoms with van der Waals surface area (Å²) < 4.78 is 18.0. The van der Waals surface area contributed by atoms with Crippen LogP contribution in [-0.4, -0.2) is 18.6 Å². The molecular weight excluding hydrogens is 207 g/mol. The van der Waals surface area contributed by atoms with Crippen LogP contribution in [0.25, 0.3) is 0 Å². The monoisotopic (exact) mass is 226 g/mol. The minimum Gasteiger partial charge on any atom is -0.377 e. The highest BCUT2D eigenvalue weighted by atomic mass is 31.2. The molecule has 0 aromatic heterocycles. The molecule has 0 N–H and O–H groups in total. The molecule has 2 nitrogen and oxygen atoms in total.